The Balaban J connectivity index is 1.17. The van der Waals surface area contributed by atoms with Crippen molar-refractivity contribution >= 4 is 17.4 Å². The summed E-state index contributed by atoms with van der Waals surface area (Å²) in [4.78, 5) is 22.0. The summed E-state index contributed by atoms with van der Waals surface area (Å²) < 4.78 is 10.7. The van der Waals surface area contributed by atoms with Gasteiger partial charge in [-0.05, 0) is 49.2 Å². The van der Waals surface area contributed by atoms with Gasteiger partial charge in [0.25, 0.3) is 5.91 Å². The third kappa shape index (κ3) is 5.09. The maximum absolute atomic E-state index is 12.6. The van der Waals surface area contributed by atoms with Crippen LogP contribution in [0.2, 0.25) is 0 Å². The minimum Gasteiger partial charge on any atom is -0.454 e. The van der Waals surface area contributed by atoms with Gasteiger partial charge in [-0.15, -0.1) is 0 Å². The molecule has 7 nitrogen and oxygen atoms in total. The number of rotatable bonds is 5. The third-order valence-electron chi connectivity index (χ3n) is 6.08. The highest BCUT2D eigenvalue weighted by atomic mass is 16.7. The predicted octanol–water partition coefficient (Wildman–Crippen LogP) is 4.08. The largest absolute Gasteiger partial charge is 0.454 e. The highest BCUT2D eigenvalue weighted by Gasteiger charge is 2.18. The van der Waals surface area contributed by atoms with Crippen LogP contribution in [-0.2, 0) is 6.54 Å². The molecule has 0 spiro atoms. The van der Waals surface area contributed by atoms with Gasteiger partial charge in [-0.2, -0.15) is 0 Å². The topological polar surface area (TPSA) is 66.9 Å². The molecule has 0 bridgehead atoms. The first-order valence-electron chi connectivity index (χ1n) is 11.3. The number of amides is 1. The molecule has 2 aromatic carbocycles. The zero-order valence-electron chi connectivity index (χ0n) is 18.8. The molecule has 170 valence electrons. The van der Waals surface area contributed by atoms with Crippen LogP contribution in [0, 0.1) is 6.92 Å². The van der Waals surface area contributed by atoms with Gasteiger partial charge in [-0.1, -0.05) is 29.8 Å². The number of carbonyl (C=O) groups is 1. The molecule has 3 heterocycles. The Bertz CT molecular complexity index is 1120. The molecule has 0 radical (unpaired) electrons. The number of nitrogens with one attached hydrogen (secondary N) is 1. The fourth-order valence-electron chi connectivity index (χ4n) is 4.20. The lowest BCUT2D eigenvalue weighted by atomic mass is 10.1. The van der Waals surface area contributed by atoms with Crippen molar-refractivity contribution < 1.29 is 14.3 Å². The molecule has 0 saturated carbocycles. The molecule has 1 aromatic heterocycles. The van der Waals surface area contributed by atoms with E-state index in [1.54, 1.807) is 24.4 Å². The number of aryl methyl sites for hydroxylation is 1. The lowest BCUT2D eigenvalue weighted by Crippen LogP contribution is -2.31. The standard InChI is InChI=1S/C26H28N4O3/c1-19-3-5-20(6-4-19)17-29-11-2-12-30(14-13-29)25-10-8-22(16-27-25)28-26(31)21-7-9-23-24(15-21)33-18-32-23/h3-10,15-16H,2,11-14,17-18H2,1H3,(H,28,31). The van der Waals surface area contributed by atoms with Gasteiger partial charge in [0.05, 0.1) is 11.9 Å². The summed E-state index contributed by atoms with van der Waals surface area (Å²) in [6, 6.07) is 17.8. The van der Waals surface area contributed by atoms with Crippen molar-refractivity contribution in [2.45, 2.75) is 19.9 Å². The molecule has 2 aliphatic heterocycles. The summed E-state index contributed by atoms with van der Waals surface area (Å²) in [5.41, 5.74) is 3.83. The van der Waals surface area contributed by atoms with E-state index in [-0.39, 0.29) is 12.7 Å². The van der Waals surface area contributed by atoms with E-state index in [2.05, 4.69) is 51.3 Å². The number of nitrogens with zero attached hydrogens (tertiary/aromatic N) is 3. The SMILES string of the molecule is Cc1ccc(CN2CCCN(c3ccc(NC(=O)c4ccc5c(c4)OCO5)cn3)CC2)cc1. The first-order valence-corrected chi connectivity index (χ1v) is 11.3. The third-order valence-corrected chi connectivity index (χ3v) is 6.08. The average molecular weight is 445 g/mol. The lowest BCUT2D eigenvalue weighted by molar-refractivity contribution is 0.102. The number of hydrogen-bond acceptors (Lipinski definition) is 6. The van der Waals surface area contributed by atoms with Gasteiger partial charge in [0.15, 0.2) is 11.5 Å². The van der Waals surface area contributed by atoms with Crippen molar-refractivity contribution in [1.82, 2.24) is 9.88 Å². The summed E-state index contributed by atoms with van der Waals surface area (Å²) in [6.07, 6.45) is 2.81. The van der Waals surface area contributed by atoms with Gasteiger partial charge in [-0.25, -0.2) is 4.98 Å². The van der Waals surface area contributed by atoms with E-state index in [0.29, 0.717) is 22.7 Å². The molecule has 1 fully saturated rings. The molecule has 1 saturated heterocycles. The Hall–Kier alpha value is -3.58. The van der Waals surface area contributed by atoms with Crippen molar-refractivity contribution in [3.05, 3.63) is 77.5 Å². The molecule has 0 aliphatic carbocycles. The number of aromatic nitrogens is 1. The maximum atomic E-state index is 12.6. The molecule has 0 unspecified atom stereocenters. The van der Waals surface area contributed by atoms with Crippen molar-refractivity contribution in [2.24, 2.45) is 0 Å². The number of hydrogen-bond donors (Lipinski definition) is 1. The van der Waals surface area contributed by atoms with E-state index >= 15 is 0 Å². The van der Waals surface area contributed by atoms with Crippen molar-refractivity contribution in [2.75, 3.05) is 43.2 Å². The van der Waals surface area contributed by atoms with E-state index in [9.17, 15) is 4.79 Å². The lowest BCUT2D eigenvalue weighted by Gasteiger charge is -2.23. The first-order chi connectivity index (χ1) is 16.1. The van der Waals surface area contributed by atoms with Gasteiger partial charge in [0.1, 0.15) is 5.82 Å². The zero-order chi connectivity index (χ0) is 22.6. The Morgan fingerprint density at radius 2 is 1.82 bits per heavy atom. The Kier molecular flexibility index (Phi) is 6.13. The van der Waals surface area contributed by atoms with E-state index in [0.717, 1.165) is 45.0 Å². The average Bonchev–Trinajstić information content (AvgIpc) is 3.19. The van der Waals surface area contributed by atoms with Crippen LogP contribution in [-0.4, -0.2) is 48.8 Å². The fraction of sp³-hybridized carbons (Fsp3) is 0.308. The summed E-state index contributed by atoms with van der Waals surface area (Å²) in [7, 11) is 0. The van der Waals surface area contributed by atoms with Gasteiger partial charge in [0.2, 0.25) is 6.79 Å². The van der Waals surface area contributed by atoms with Crippen molar-refractivity contribution in [3.63, 3.8) is 0 Å². The smallest absolute Gasteiger partial charge is 0.255 e. The number of benzene rings is 2. The highest BCUT2D eigenvalue weighted by molar-refractivity contribution is 6.04. The van der Waals surface area contributed by atoms with Crippen LogP contribution in [0.5, 0.6) is 11.5 Å². The fourth-order valence-corrected chi connectivity index (χ4v) is 4.20. The van der Waals surface area contributed by atoms with Gasteiger partial charge >= 0.3 is 0 Å². The van der Waals surface area contributed by atoms with Crippen LogP contribution in [0.3, 0.4) is 0 Å². The minimum atomic E-state index is -0.204. The second-order valence-electron chi connectivity index (χ2n) is 8.53. The minimum absolute atomic E-state index is 0.187. The van der Waals surface area contributed by atoms with Crippen LogP contribution >= 0.6 is 0 Å². The number of fused-ring (bicyclic) bond motifs is 1. The highest BCUT2D eigenvalue weighted by Crippen LogP contribution is 2.32. The predicted molar refractivity (Wildman–Crippen MR) is 128 cm³/mol. The van der Waals surface area contributed by atoms with Crippen LogP contribution in [0.15, 0.2) is 60.8 Å². The molecular formula is C26H28N4O3. The summed E-state index contributed by atoms with van der Waals surface area (Å²) in [5.74, 6) is 1.98. The Morgan fingerprint density at radius 1 is 0.970 bits per heavy atom. The van der Waals surface area contributed by atoms with E-state index in [4.69, 9.17) is 9.47 Å². The van der Waals surface area contributed by atoms with Crippen molar-refractivity contribution in [1.29, 1.82) is 0 Å². The van der Waals surface area contributed by atoms with E-state index < -0.39 is 0 Å². The number of pyridine rings is 1. The molecule has 0 atom stereocenters. The zero-order valence-corrected chi connectivity index (χ0v) is 18.8. The molecule has 2 aliphatic rings. The molecular weight excluding hydrogens is 416 g/mol. The normalized spacial score (nSPS) is 15.8. The van der Waals surface area contributed by atoms with Crippen molar-refractivity contribution in [3.8, 4) is 11.5 Å². The second-order valence-corrected chi connectivity index (χ2v) is 8.53. The van der Waals surface area contributed by atoms with Gasteiger partial charge in [0, 0.05) is 38.3 Å². The Morgan fingerprint density at radius 3 is 2.64 bits per heavy atom. The quantitative estimate of drug-likeness (QED) is 0.640. The van der Waals surface area contributed by atoms with Crippen LogP contribution in [0.4, 0.5) is 11.5 Å². The molecule has 1 amide bonds. The van der Waals surface area contributed by atoms with E-state index in [1.807, 2.05) is 12.1 Å². The van der Waals surface area contributed by atoms with Crippen LogP contribution in [0.25, 0.3) is 0 Å². The van der Waals surface area contributed by atoms with Gasteiger partial charge in [-0.3, -0.25) is 9.69 Å². The summed E-state index contributed by atoms with van der Waals surface area (Å²) in [6.45, 7) is 7.27. The number of carbonyl (C=O) groups excluding carboxylic acids is 1. The molecule has 33 heavy (non-hydrogen) atoms. The van der Waals surface area contributed by atoms with E-state index in [1.165, 1.54) is 11.1 Å². The maximum Gasteiger partial charge on any atom is 0.255 e. The molecule has 7 heteroatoms. The molecule has 3 aromatic rings. The van der Waals surface area contributed by atoms with Gasteiger partial charge < -0.3 is 19.7 Å². The molecule has 1 N–H and O–H groups in total. The van der Waals surface area contributed by atoms with Crippen LogP contribution < -0.4 is 19.7 Å². The monoisotopic (exact) mass is 444 g/mol. The number of anilines is 2. The summed E-state index contributed by atoms with van der Waals surface area (Å²) >= 11 is 0. The number of ether oxygens (including phenoxy) is 2. The second kappa shape index (κ2) is 9.50. The summed E-state index contributed by atoms with van der Waals surface area (Å²) in [5, 5.41) is 2.91. The first kappa shape index (κ1) is 21.3. The Labute approximate surface area is 193 Å². The van der Waals surface area contributed by atoms with Crippen LogP contribution in [0.1, 0.15) is 27.9 Å². The molecule has 5 rings (SSSR count).